The van der Waals surface area contributed by atoms with Crippen LogP contribution in [0.2, 0.25) is 0 Å². The van der Waals surface area contributed by atoms with Crippen LogP contribution in [0.15, 0.2) is 103 Å². The third-order valence-corrected chi connectivity index (χ3v) is 4.32. The first-order valence-corrected chi connectivity index (χ1v) is 8.82. The Hall–Kier alpha value is -3.65. The number of benzene rings is 4. The van der Waals surface area contributed by atoms with Crippen molar-refractivity contribution in [1.29, 1.82) is 0 Å². The Kier molecular flexibility index (Phi) is 4.80. The van der Waals surface area contributed by atoms with Crippen LogP contribution < -0.4 is 4.74 Å². The summed E-state index contributed by atoms with van der Waals surface area (Å²) in [6, 6.07) is 31.1. The van der Waals surface area contributed by atoms with Gasteiger partial charge in [-0.25, -0.2) is 0 Å². The minimum Gasteiger partial charge on any atom is -0.457 e. The molecule has 0 aromatic heterocycles. The van der Waals surface area contributed by atoms with Gasteiger partial charge in [-0.05, 0) is 52.7 Å². The Morgan fingerprint density at radius 1 is 0.667 bits per heavy atom. The molecule has 0 aliphatic carbocycles. The lowest BCUT2D eigenvalue weighted by Crippen LogP contribution is -1.93. The van der Waals surface area contributed by atoms with Gasteiger partial charge in [0, 0.05) is 5.56 Å². The molecule has 27 heavy (non-hydrogen) atoms. The number of para-hydroxylation sites is 1. The highest BCUT2D eigenvalue weighted by atomic mass is 16.5. The third kappa shape index (κ3) is 4.13. The molecular weight excluding hydrogens is 332 g/mol. The molecule has 4 aromatic carbocycles. The van der Waals surface area contributed by atoms with Crippen LogP contribution >= 0.6 is 0 Å². The number of rotatable bonds is 5. The molecule has 0 bridgehead atoms. The van der Waals surface area contributed by atoms with Gasteiger partial charge >= 0.3 is 0 Å². The Morgan fingerprint density at radius 2 is 1.33 bits per heavy atom. The minimum atomic E-state index is -0.00892. The van der Waals surface area contributed by atoms with E-state index in [2.05, 4.69) is 0 Å². The molecule has 0 amide bonds. The largest absolute Gasteiger partial charge is 0.457 e. The molecule has 0 spiro atoms. The topological polar surface area (TPSA) is 26.3 Å². The molecule has 130 valence electrons. The fourth-order valence-electron chi connectivity index (χ4n) is 2.88. The molecule has 4 rings (SSSR count). The van der Waals surface area contributed by atoms with Crippen LogP contribution in [0, 0.1) is 0 Å². The van der Waals surface area contributed by atoms with E-state index in [9.17, 15) is 4.79 Å². The van der Waals surface area contributed by atoms with Crippen molar-refractivity contribution >= 4 is 22.6 Å². The summed E-state index contributed by atoms with van der Waals surface area (Å²) in [6.07, 6.45) is 3.43. The lowest BCUT2D eigenvalue weighted by atomic mass is 10.0. The van der Waals surface area contributed by atoms with E-state index >= 15 is 0 Å². The molecule has 0 aliphatic heterocycles. The van der Waals surface area contributed by atoms with E-state index in [0.29, 0.717) is 5.56 Å². The fourth-order valence-corrected chi connectivity index (χ4v) is 2.88. The normalized spacial score (nSPS) is 11.0. The zero-order valence-corrected chi connectivity index (χ0v) is 14.7. The van der Waals surface area contributed by atoms with Gasteiger partial charge < -0.3 is 4.74 Å². The lowest BCUT2D eigenvalue weighted by molar-refractivity contribution is 0.104. The highest BCUT2D eigenvalue weighted by Gasteiger charge is 2.03. The second-order valence-corrected chi connectivity index (χ2v) is 6.24. The first-order valence-electron chi connectivity index (χ1n) is 8.82. The molecule has 0 atom stereocenters. The van der Waals surface area contributed by atoms with Crippen LogP contribution in [-0.4, -0.2) is 5.78 Å². The van der Waals surface area contributed by atoms with Crippen molar-refractivity contribution in [1.82, 2.24) is 0 Å². The van der Waals surface area contributed by atoms with Gasteiger partial charge in [-0.3, -0.25) is 4.79 Å². The maximum atomic E-state index is 12.5. The van der Waals surface area contributed by atoms with Crippen LogP contribution in [0.1, 0.15) is 15.9 Å². The van der Waals surface area contributed by atoms with Crippen molar-refractivity contribution in [3.05, 3.63) is 114 Å². The molecule has 4 aromatic rings. The molecule has 0 saturated heterocycles. The van der Waals surface area contributed by atoms with E-state index in [1.807, 2.05) is 103 Å². The molecule has 2 heteroatoms. The summed E-state index contributed by atoms with van der Waals surface area (Å²) in [4.78, 5) is 12.5. The Morgan fingerprint density at radius 3 is 2.11 bits per heavy atom. The van der Waals surface area contributed by atoms with Crippen LogP contribution in [0.25, 0.3) is 16.8 Å². The van der Waals surface area contributed by atoms with Crippen LogP contribution in [0.3, 0.4) is 0 Å². The molecule has 0 heterocycles. The van der Waals surface area contributed by atoms with Crippen molar-refractivity contribution in [2.45, 2.75) is 0 Å². The SMILES string of the molecule is O=C(/C=C/c1ccc(Oc2ccccc2)cc1)c1ccc2ccccc2c1. The van der Waals surface area contributed by atoms with E-state index in [1.54, 1.807) is 6.08 Å². The molecule has 2 nitrogen and oxygen atoms in total. The second kappa shape index (κ2) is 7.71. The monoisotopic (exact) mass is 350 g/mol. The average Bonchev–Trinajstić information content (AvgIpc) is 2.73. The summed E-state index contributed by atoms with van der Waals surface area (Å²) in [6.45, 7) is 0. The maximum Gasteiger partial charge on any atom is 0.185 e. The van der Waals surface area contributed by atoms with E-state index in [4.69, 9.17) is 4.74 Å². The van der Waals surface area contributed by atoms with Crippen molar-refractivity contribution in [2.75, 3.05) is 0 Å². The summed E-state index contributed by atoms with van der Waals surface area (Å²) in [5, 5.41) is 2.20. The summed E-state index contributed by atoms with van der Waals surface area (Å²) in [5.41, 5.74) is 1.64. The van der Waals surface area contributed by atoms with Crippen LogP contribution in [0.5, 0.6) is 11.5 Å². The van der Waals surface area contributed by atoms with Gasteiger partial charge in [0.25, 0.3) is 0 Å². The first kappa shape index (κ1) is 16.8. The lowest BCUT2D eigenvalue weighted by Gasteiger charge is -2.05. The third-order valence-electron chi connectivity index (χ3n) is 4.32. The number of hydrogen-bond donors (Lipinski definition) is 0. The molecule has 0 fully saturated rings. The minimum absolute atomic E-state index is 0.00892. The highest BCUT2D eigenvalue weighted by Crippen LogP contribution is 2.22. The van der Waals surface area contributed by atoms with Crippen molar-refractivity contribution in [3.63, 3.8) is 0 Å². The van der Waals surface area contributed by atoms with Gasteiger partial charge in [-0.15, -0.1) is 0 Å². The fraction of sp³-hybridized carbons (Fsp3) is 0. The van der Waals surface area contributed by atoms with Crippen molar-refractivity contribution in [2.24, 2.45) is 0 Å². The number of carbonyl (C=O) groups excluding carboxylic acids is 1. The quantitative estimate of drug-likeness (QED) is 0.302. The Bertz CT molecular complexity index is 1090. The van der Waals surface area contributed by atoms with Crippen LogP contribution in [0.4, 0.5) is 0 Å². The van der Waals surface area contributed by atoms with Crippen molar-refractivity contribution in [3.8, 4) is 11.5 Å². The Balaban J connectivity index is 1.46. The van der Waals surface area contributed by atoms with Gasteiger partial charge in [-0.1, -0.05) is 72.8 Å². The number of allylic oxidation sites excluding steroid dienone is 1. The van der Waals surface area contributed by atoms with Gasteiger partial charge in [0.2, 0.25) is 0 Å². The summed E-state index contributed by atoms with van der Waals surface area (Å²) in [5.74, 6) is 1.55. The first-order chi connectivity index (χ1) is 13.3. The van der Waals surface area contributed by atoms with Gasteiger partial charge in [0.1, 0.15) is 11.5 Å². The summed E-state index contributed by atoms with van der Waals surface area (Å²) >= 11 is 0. The van der Waals surface area contributed by atoms with Gasteiger partial charge in [-0.2, -0.15) is 0 Å². The zero-order valence-electron chi connectivity index (χ0n) is 14.7. The molecular formula is C25H18O2. The van der Waals surface area contributed by atoms with Gasteiger partial charge in [0.05, 0.1) is 0 Å². The molecule has 0 radical (unpaired) electrons. The number of ketones is 1. The second-order valence-electron chi connectivity index (χ2n) is 6.24. The van der Waals surface area contributed by atoms with Crippen molar-refractivity contribution < 1.29 is 9.53 Å². The van der Waals surface area contributed by atoms with E-state index < -0.39 is 0 Å². The molecule has 0 saturated carbocycles. The molecule has 0 unspecified atom stereocenters. The van der Waals surface area contributed by atoms with E-state index in [0.717, 1.165) is 27.8 Å². The predicted octanol–water partition coefficient (Wildman–Crippen LogP) is 6.53. The summed E-state index contributed by atoms with van der Waals surface area (Å²) < 4.78 is 5.78. The smallest absolute Gasteiger partial charge is 0.185 e. The highest BCUT2D eigenvalue weighted by molar-refractivity contribution is 6.08. The summed E-state index contributed by atoms with van der Waals surface area (Å²) in [7, 11) is 0. The van der Waals surface area contributed by atoms with Gasteiger partial charge in [0.15, 0.2) is 5.78 Å². The molecule has 0 aliphatic rings. The Labute approximate surface area is 158 Å². The van der Waals surface area contributed by atoms with Crippen LogP contribution in [-0.2, 0) is 0 Å². The average molecular weight is 350 g/mol. The number of ether oxygens (including phenoxy) is 1. The standard InChI is InChI=1S/C25H18O2/c26-25(22-14-13-20-6-4-5-7-21(20)18-22)17-12-19-10-15-24(16-11-19)27-23-8-2-1-3-9-23/h1-18H/b17-12+. The number of carbonyl (C=O) groups is 1. The zero-order chi connectivity index (χ0) is 18.5. The number of hydrogen-bond acceptors (Lipinski definition) is 2. The predicted molar refractivity (Wildman–Crippen MR) is 110 cm³/mol. The number of fused-ring (bicyclic) bond motifs is 1. The van der Waals surface area contributed by atoms with E-state index in [-0.39, 0.29) is 5.78 Å². The maximum absolute atomic E-state index is 12.5. The molecule has 0 N–H and O–H groups in total. The van der Waals surface area contributed by atoms with E-state index in [1.165, 1.54) is 0 Å².